The molecule has 2 aliphatic carbocycles. The fourth-order valence-electron chi connectivity index (χ4n) is 3.90. The zero-order chi connectivity index (χ0) is 15.1. The highest BCUT2D eigenvalue weighted by atomic mass is 16.2. The van der Waals surface area contributed by atoms with Gasteiger partial charge in [-0.15, -0.1) is 0 Å². The lowest BCUT2D eigenvalue weighted by molar-refractivity contribution is -0.114. The van der Waals surface area contributed by atoms with E-state index in [4.69, 9.17) is 5.73 Å². The van der Waals surface area contributed by atoms with Crippen molar-refractivity contribution in [2.45, 2.75) is 52.4 Å². The van der Waals surface area contributed by atoms with E-state index in [2.05, 4.69) is 19.9 Å². The molecule has 3 nitrogen and oxygen atoms in total. The number of benzene rings is 1. The summed E-state index contributed by atoms with van der Waals surface area (Å²) in [7, 11) is 0. The van der Waals surface area contributed by atoms with Gasteiger partial charge in [0, 0.05) is 5.56 Å². The van der Waals surface area contributed by atoms with Crippen molar-refractivity contribution < 1.29 is 9.59 Å². The smallest absolute Gasteiger partial charge is 0.289 e. The monoisotopic (exact) mass is 285 g/mol. The fraction of sp³-hybridized carbons (Fsp3) is 0.556. The summed E-state index contributed by atoms with van der Waals surface area (Å²) < 4.78 is 0. The van der Waals surface area contributed by atoms with E-state index in [0.717, 1.165) is 49.7 Å². The third kappa shape index (κ3) is 2.50. The van der Waals surface area contributed by atoms with E-state index >= 15 is 0 Å². The first-order valence-electron chi connectivity index (χ1n) is 7.98. The van der Waals surface area contributed by atoms with Gasteiger partial charge in [-0.3, -0.25) is 9.59 Å². The second-order valence-corrected chi connectivity index (χ2v) is 6.92. The molecule has 2 unspecified atom stereocenters. The SMILES string of the molecule is CC1CCc2cc3c(c(C(=O)C(N)=O)c2C1)CC(C)CC3. The Morgan fingerprint density at radius 2 is 1.48 bits per heavy atom. The molecule has 2 aliphatic rings. The minimum absolute atomic E-state index is 0.480. The van der Waals surface area contributed by atoms with Crippen LogP contribution in [0.2, 0.25) is 0 Å². The highest BCUT2D eigenvalue weighted by molar-refractivity contribution is 6.43. The summed E-state index contributed by atoms with van der Waals surface area (Å²) in [5.74, 6) is -0.166. The summed E-state index contributed by atoms with van der Waals surface area (Å²) in [6.45, 7) is 4.42. The average Bonchev–Trinajstić information content (AvgIpc) is 2.44. The predicted octanol–water partition coefficient (Wildman–Crippen LogP) is 2.60. The van der Waals surface area contributed by atoms with Crippen molar-refractivity contribution in [3.05, 3.63) is 33.9 Å². The van der Waals surface area contributed by atoms with Gasteiger partial charge in [-0.2, -0.15) is 0 Å². The molecule has 0 heterocycles. The van der Waals surface area contributed by atoms with Crippen molar-refractivity contribution in [2.24, 2.45) is 17.6 Å². The molecular weight excluding hydrogens is 262 g/mol. The summed E-state index contributed by atoms with van der Waals surface area (Å²) in [4.78, 5) is 23.9. The Bertz CT molecular complexity index is 580. The number of amides is 1. The van der Waals surface area contributed by atoms with Crippen LogP contribution in [0.1, 0.15) is 59.3 Å². The van der Waals surface area contributed by atoms with Crippen LogP contribution in [0.25, 0.3) is 0 Å². The molecule has 112 valence electrons. The topological polar surface area (TPSA) is 60.2 Å². The number of aryl methyl sites for hydroxylation is 2. The lowest BCUT2D eigenvalue weighted by Crippen LogP contribution is -2.29. The summed E-state index contributed by atoms with van der Waals surface area (Å²) in [6.07, 6.45) is 6.13. The Morgan fingerprint density at radius 1 is 1.00 bits per heavy atom. The first-order valence-corrected chi connectivity index (χ1v) is 7.98. The number of ketones is 1. The molecule has 1 amide bonds. The molecule has 3 heteroatoms. The first-order chi connectivity index (χ1) is 9.97. The van der Waals surface area contributed by atoms with E-state index in [9.17, 15) is 9.59 Å². The van der Waals surface area contributed by atoms with Crippen molar-refractivity contribution in [3.63, 3.8) is 0 Å². The predicted molar refractivity (Wildman–Crippen MR) is 82.3 cm³/mol. The van der Waals surface area contributed by atoms with Crippen molar-refractivity contribution >= 4 is 11.7 Å². The molecule has 0 saturated heterocycles. The minimum atomic E-state index is -0.818. The van der Waals surface area contributed by atoms with Gasteiger partial charge < -0.3 is 5.73 Å². The Morgan fingerprint density at radius 3 is 1.90 bits per heavy atom. The fourth-order valence-corrected chi connectivity index (χ4v) is 3.90. The van der Waals surface area contributed by atoms with Crippen LogP contribution < -0.4 is 5.73 Å². The number of hydrogen-bond donors (Lipinski definition) is 1. The molecule has 0 aliphatic heterocycles. The lowest BCUT2D eigenvalue weighted by Gasteiger charge is -2.30. The van der Waals surface area contributed by atoms with E-state index in [0.29, 0.717) is 17.4 Å². The summed E-state index contributed by atoms with van der Waals surface area (Å²) in [6, 6.07) is 2.29. The minimum Gasteiger partial charge on any atom is -0.363 e. The second kappa shape index (κ2) is 5.28. The Labute approximate surface area is 125 Å². The van der Waals surface area contributed by atoms with Crippen LogP contribution in [0.3, 0.4) is 0 Å². The van der Waals surface area contributed by atoms with Crippen molar-refractivity contribution in [1.82, 2.24) is 0 Å². The Kier molecular flexibility index (Phi) is 3.60. The number of carbonyl (C=O) groups excluding carboxylic acids is 2. The number of primary amides is 1. The summed E-state index contributed by atoms with van der Waals surface area (Å²) in [5.41, 5.74) is 10.7. The lowest BCUT2D eigenvalue weighted by atomic mass is 9.74. The van der Waals surface area contributed by atoms with E-state index in [-0.39, 0.29) is 0 Å². The standard InChI is InChI=1S/C18H23NO2/c1-10-3-5-12-9-13-6-4-11(2)8-15(13)16(14(12)7-10)17(20)18(19)21/h9-11H,3-8H2,1-2H3,(H2,19,21). The maximum atomic E-state index is 12.4. The van der Waals surface area contributed by atoms with Gasteiger partial charge >= 0.3 is 0 Å². The van der Waals surface area contributed by atoms with Crippen LogP contribution in [0.4, 0.5) is 0 Å². The van der Waals surface area contributed by atoms with E-state index in [1.165, 1.54) is 11.1 Å². The zero-order valence-electron chi connectivity index (χ0n) is 12.9. The molecular formula is C18H23NO2. The van der Waals surface area contributed by atoms with Crippen LogP contribution in [0, 0.1) is 11.8 Å². The Balaban J connectivity index is 2.21. The van der Waals surface area contributed by atoms with Gasteiger partial charge in [0.05, 0.1) is 0 Å². The molecule has 2 N–H and O–H groups in total. The molecule has 1 aromatic rings. The van der Waals surface area contributed by atoms with E-state index in [1.807, 2.05) is 0 Å². The number of fused-ring (bicyclic) bond motifs is 2. The molecule has 21 heavy (non-hydrogen) atoms. The van der Waals surface area contributed by atoms with Crippen LogP contribution in [-0.2, 0) is 30.5 Å². The highest BCUT2D eigenvalue weighted by Crippen LogP contribution is 2.36. The number of nitrogens with two attached hydrogens (primary N) is 1. The van der Waals surface area contributed by atoms with Crippen LogP contribution >= 0.6 is 0 Å². The first kappa shape index (κ1) is 14.3. The number of carbonyl (C=O) groups is 2. The largest absolute Gasteiger partial charge is 0.363 e. The van der Waals surface area contributed by atoms with Crippen LogP contribution in [0.5, 0.6) is 0 Å². The number of rotatable bonds is 2. The van der Waals surface area contributed by atoms with Gasteiger partial charge in [0.15, 0.2) is 0 Å². The van der Waals surface area contributed by atoms with Crippen LogP contribution in [0.15, 0.2) is 6.07 Å². The van der Waals surface area contributed by atoms with Gasteiger partial charge in [0.1, 0.15) is 0 Å². The van der Waals surface area contributed by atoms with Gasteiger partial charge in [-0.1, -0.05) is 19.9 Å². The molecule has 2 atom stereocenters. The molecule has 1 aromatic carbocycles. The van der Waals surface area contributed by atoms with Crippen molar-refractivity contribution in [2.75, 3.05) is 0 Å². The Hall–Kier alpha value is -1.64. The summed E-state index contributed by atoms with van der Waals surface area (Å²) in [5, 5.41) is 0. The van der Waals surface area contributed by atoms with Crippen LogP contribution in [-0.4, -0.2) is 11.7 Å². The van der Waals surface area contributed by atoms with E-state index < -0.39 is 11.7 Å². The second-order valence-electron chi connectivity index (χ2n) is 6.92. The third-order valence-corrected chi connectivity index (χ3v) is 5.10. The molecule has 0 radical (unpaired) electrons. The number of hydrogen-bond acceptors (Lipinski definition) is 2. The van der Waals surface area contributed by atoms with Gasteiger partial charge in [0.2, 0.25) is 0 Å². The van der Waals surface area contributed by atoms with E-state index in [1.54, 1.807) is 0 Å². The number of Topliss-reactive ketones (excluding diaryl/α,β-unsaturated/α-hetero) is 1. The highest BCUT2D eigenvalue weighted by Gasteiger charge is 2.30. The quantitative estimate of drug-likeness (QED) is 0.670. The third-order valence-electron chi connectivity index (χ3n) is 5.10. The maximum absolute atomic E-state index is 12.4. The van der Waals surface area contributed by atoms with Gasteiger partial charge in [0.25, 0.3) is 11.7 Å². The zero-order valence-corrected chi connectivity index (χ0v) is 12.9. The van der Waals surface area contributed by atoms with Crippen molar-refractivity contribution in [3.8, 4) is 0 Å². The average molecular weight is 285 g/mol. The van der Waals surface area contributed by atoms with Gasteiger partial charge in [-0.05, 0) is 72.6 Å². The van der Waals surface area contributed by atoms with Gasteiger partial charge in [-0.25, -0.2) is 0 Å². The molecule has 0 spiro atoms. The van der Waals surface area contributed by atoms with Crippen molar-refractivity contribution in [1.29, 1.82) is 0 Å². The summed E-state index contributed by atoms with van der Waals surface area (Å²) >= 11 is 0. The molecule has 0 fully saturated rings. The maximum Gasteiger partial charge on any atom is 0.289 e. The molecule has 0 aromatic heterocycles. The normalized spacial score (nSPS) is 24.1. The molecule has 0 saturated carbocycles. The molecule has 0 bridgehead atoms. The molecule has 3 rings (SSSR count).